The van der Waals surface area contributed by atoms with E-state index in [-0.39, 0.29) is 37.0 Å². The van der Waals surface area contributed by atoms with Crippen LogP contribution in [0.25, 0.3) is 0 Å². The van der Waals surface area contributed by atoms with Crippen molar-refractivity contribution < 1.29 is 14.4 Å². The van der Waals surface area contributed by atoms with Gasteiger partial charge in [0.2, 0.25) is 5.91 Å². The summed E-state index contributed by atoms with van der Waals surface area (Å²) in [6.45, 7) is 0.606. The number of carbonyl (C=O) groups is 3. The molecule has 6 nitrogen and oxygen atoms in total. The predicted octanol–water partition coefficient (Wildman–Crippen LogP) is 1.50. The third kappa shape index (κ3) is 3.42. The molecule has 2 saturated heterocycles. The fourth-order valence-electron chi connectivity index (χ4n) is 3.48. The number of hydrogen-bond acceptors (Lipinski definition) is 3. The summed E-state index contributed by atoms with van der Waals surface area (Å²) in [5.41, 5.74) is 1.20. The predicted molar refractivity (Wildman–Crippen MR) is 89.2 cm³/mol. The van der Waals surface area contributed by atoms with Gasteiger partial charge >= 0.3 is 6.03 Å². The van der Waals surface area contributed by atoms with Gasteiger partial charge in [-0.15, -0.1) is 0 Å². The first kappa shape index (κ1) is 16.5. The summed E-state index contributed by atoms with van der Waals surface area (Å²) in [5, 5.41) is 0. The molecule has 0 radical (unpaired) electrons. The number of carbonyl (C=O) groups excluding carboxylic acids is 3. The Morgan fingerprint density at radius 3 is 2.58 bits per heavy atom. The molecule has 4 amide bonds. The summed E-state index contributed by atoms with van der Waals surface area (Å²) in [6.07, 6.45) is 3.85. The van der Waals surface area contributed by atoms with Crippen LogP contribution in [0.15, 0.2) is 30.3 Å². The van der Waals surface area contributed by atoms with E-state index in [1.807, 2.05) is 23.1 Å². The normalized spacial score (nSPS) is 21.5. The van der Waals surface area contributed by atoms with Crippen LogP contribution >= 0.6 is 0 Å². The Morgan fingerprint density at radius 2 is 1.92 bits per heavy atom. The van der Waals surface area contributed by atoms with E-state index >= 15 is 0 Å². The molecule has 0 bridgehead atoms. The molecule has 6 heteroatoms. The van der Waals surface area contributed by atoms with Crippen LogP contribution in [0.2, 0.25) is 0 Å². The minimum atomic E-state index is -0.384. The molecule has 0 N–H and O–H groups in total. The third-order valence-corrected chi connectivity index (χ3v) is 4.79. The van der Waals surface area contributed by atoms with Crippen LogP contribution in [0, 0.1) is 0 Å². The highest BCUT2D eigenvalue weighted by molar-refractivity contribution is 6.04. The molecule has 1 unspecified atom stereocenters. The summed E-state index contributed by atoms with van der Waals surface area (Å²) in [7, 11) is 1.57. The van der Waals surface area contributed by atoms with E-state index < -0.39 is 0 Å². The Morgan fingerprint density at radius 1 is 1.17 bits per heavy atom. The Hall–Kier alpha value is -2.37. The number of piperidine rings is 1. The maximum Gasteiger partial charge on any atom is 0.327 e. The summed E-state index contributed by atoms with van der Waals surface area (Å²) in [6, 6.07) is 9.88. The maximum atomic E-state index is 12.7. The molecule has 128 valence electrons. The second-order valence-corrected chi connectivity index (χ2v) is 6.54. The molecular formula is C18H23N3O3. The van der Waals surface area contributed by atoms with Gasteiger partial charge in [-0.2, -0.15) is 0 Å². The lowest BCUT2D eigenvalue weighted by atomic mass is 9.95. The molecule has 1 aromatic carbocycles. The zero-order valence-electron chi connectivity index (χ0n) is 14.0. The highest BCUT2D eigenvalue weighted by Gasteiger charge is 2.37. The first-order chi connectivity index (χ1) is 11.6. The molecule has 2 heterocycles. The molecule has 2 aliphatic heterocycles. The van der Waals surface area contributed by atoms with Gasteiger partial charge < -0.3 is 9.80 Å². The van der Waals surface area contributed by atoms with Crippen molar-refractivity contribution >= 4 is 17.8 Å². The standard InChI is InChI=1S/C18H23N3O3/c1-19-12-16(22)21(18(19)24)13-17(23)20-10-6-5-9-15(20)11-14-7-3-2-4-8-14/h2-4,7-8,15H,5-6,9-13H2,1H3. The largest absolute Gasteiger partial charge is 0.338 e. The lowest BCUT2D eigenvalue weighted by Crippen LogP contribution is -2.50. The van der Waals surface area contributed by atoms with E-state index in [9.17, 15) is 14.4 Å². The highest BCUT2D eigenvalue weighted by Crippen LogP contribution is 2.21. The average Bonchev–Trinajstić information content (AvgIpc) is 2.82. The molecular weight excluding hydrogens is 306 g/mol. The van der Waals surface area contributed by atoms with E-state index in [1.54, 1.807) is 7.05 Å². The van der Waals surface area contributed by atoms with Crippen LogP contribution < -0.4 is 0 Å². The fourth-order valence-corrected chi connectivity index (χ4v) is 3.48. The number of likely N-dealkylation sites (tertiary alicyclic amines) is 1. The molecule has 2 aliphatic rings. The molecule has 1 aromatic rings. The Bertz CT molecular complexity index is 632. The van der Waals surface area contributed by atoms with Crippen LogP contribution in [-0.4, -0.2) is 65.3 Å². The van der Waals surface area contributed by atoms with E-state index in [0.29, 0.717) is 6.54 Å². The van der Waals surface area contributed by atoms with E-state index in [0.717, 1.165) is 30.6 Å². The smallest absolute Gasteiger partial charge is 0.327 e. The Balaban J connectivity index is 1.67. The van der Waals surface area contributed by atoms with Crippen molar-refractivity contribution in [1.29, 1.82) is 0 Å². The molecule has 2 fully saturated rings. The molecule has 0 aromatic heterocycles. The lowest BCUT2D eigenvalue weighted by molar-refractivity contribution is -0.139. The molecule has 0 aliphatic carbocycles. The van der Waals surface area contributed by atoms with Crippen molar-refractivity contribution in [1.82, 2.24) is 14.7 Å². The summed E-state index contributed by atoms with van der Waals surface area (Å²) < 4.78 is 0. The van der Waals surface area contributed by atoms with Crippen molar-refractivity contribution in [2.24, 2.45) is 0 Å². The minimum Gasteiger partial charge on any atom is -0.338 e. The maximum absolute atomic E-state index is 12.7. The number of nitrogens with zero attached hydrogens (tertiary/aromatic N) is 3. The Labute approximate surface area is 142 Å². The molecule has 3 rings (SSSR count). The van der Waals surface area contributed by atoms with Crippen molar-refractivity contribution in [2.75, 3.05) is 26.7 Å². The van der Waals surface area contributed by atoms with Crippen molar-refractivity contribution in [3.63, 3.8) is 0 Å². The van der Waals surface area contributed by atoms with Crippen LogP contribution in [-0.2, 0) is 16.0 Å². The monoisotopic (exact) mass is 329 g/mol. The van der Waals surface area contributed by atoms with Crippen molar-refractivity contribution in [3.05, 3.63) is 35.9 Å². The van der Waals surface area contributed by atoms with Crippen LogP contribution in [0.3, 0.4) is 0 Å². The first-order valence-electron chi connectivity index (χ1n) is 8.45. The molecule has 0 spiro atoms. The summed E-state index contributed by atoms with van der Waals surface area (Å²) in [4.78, 5) is 40.8. The number of urea groups is 1. The zero-order chi connectivity index (χ0) is 17.1. The van der Waals surface area contributed by atoms with Gasteiger partial charge in [0.05, 0.1) is 0 Å². The van der Waals surface area contributed by atoms with Gasteiger partial charge in [0.1, 0.15) is 13.1 Å². The number of imide groups is 1. The van der Waals surface area contributed by atoms with Crippen molar-refractivity contribution in [3.8, 4) is 0 Å². The summed E-state index contributed by atoms with van der Waals surface area (Å²) >= 11 is 0. The number of rotatable bonds is 4. The lowest BCUT2D eigenvalue weighted by Gasteiger charge is -2.36. The highest BCUT2D eigenvalue weighted by atomic mass is 16.2. The van der Waals surface area contributed by atoms with Gasteiger partial charge in [-0.05, 0) is 31.2 Å². The number of hydrogen-bond donors (Lipinski definition) is 0. The fraction of sp³-hybridized carbons (Fsp3) is 0.500. The topological polar surface area (TPSA) is 60.9 Å². The molecule has 24 heavy (non-hydrogen) atoms. The third-order valence-electron chi connectivity index (χ3n) is 4.79. The van der Waals surface area contributed by atoms with Crippen LogP contribution in [0.5, 0.6) is 0 Å². The Kier molecular flexibility index (Phi) is 4.83. The van der Waals surface area contributed by atoms with Gasteiger partial charge in [-0.25, -0.2) is 4.79 Å². The minimum absolute atomic E-state index is 0.0551. The first-order valence-corrected chi connectivity index (χ1v) is 8.45. The number of amides is 4. The zero-order valence-corrected chi connectivity index (χ0v) is 14.0. The van der Waals surface area contributed by atoms with Crippen LogP contribution in [0.1, 0.15) is 24.8 Å². The second kappa shape index (κ2) is 7.03. The molecule has 1 atom stereocenters. The molecule has 0 saturated carbocycles. The van der Waals surface area contributed by atoms with E-state index in [1.165, 1.54) is 10.5 Å². The van der Waals surface area contributed by atoms with Crippen LogP contribution in [0.4, 0.5) is 4.79 Å². The van der Waals surface area contributed by atoms with Gasteiger partial charge in [0, 0.05) is 19.6 Å². The number of benzene rings is 1. The van der Waals surface area contributed by atoms with Gasteiger partial charge in [0.25, 0.3) is 5.91 Å². The van der Waals surface area contributed by atoms with E-state index in [2.05, 4.69) is 12.1 Å². The van der Waals surface area contributed by atoms with Crippen molar-refractivity contribution in [2.45, 2.75) is 31.7 Å². The average molecular weight is 329 g/mol. The quantitative estimate of drug-likeness (QED) is 0.787. The van der Waals surface area contributed by atoms with Gasteiger partial charge in [0.15, 0.2) is 0 Å². The second-order valence-electron chi connectivity index (χ2n) is 6.54. The van der Waals surface area contributed by atoms with Gasteiger partial charge in [-0.1, -0.05) is 30.3 Å². The summed E-state index contributed by atoms with van der Waals surface area (Å²) in [5.74, 6) is -0.430. The van der Waals surface area contributed by atoms with E-state index in [4.69, 9.17) is 0 Å². The SMILES string of the molecule is CN1CC(=O)N(CC(=O)N2CCCCC2Cc2ccccc2)C1=O. The number of likely N-dealkylation sites (N-methyl/N-ethyl adjacent to an activating group) is 1. The van der Waals surface area contributed by atoms with Gasteiger partial charge in [-0.3, -0.25) is 14.5 Å².